The zero-order valence-electron chi connectivity index (χ0n) is 9.71. The molecule has 16 heavy (non-hydrogen) atoms. The van der Waals surface area contributed by atoms with E-state index in [0.717, 1.165) is 5.69 Å². The monoisotopic (exact) mass is 216 g/mol. The first kappa shape index (κ1) is 10.2. The van der Waals surface area contributed by atoms with Crippen molar-refractivity contribution in [2.75, 3.05) is 12.3 Å². The number of fused-ring (bicyclic) bond motifs is 1. The fourth-order valence-corrected chi connectivity index (χ4v) is 3.39. The molecular weight excluding hydrogens is 196 g/mol. The van der Waals surface area contributed by atoms with Crippen molar-refractivity contribution < 1.29 is 0 Å². The van der Waals surface area contributed by atoms with E-state index in [1.54, 1.807) is 0 Å². The lowest BCUT2D eigenvalue weighted by molar-refractivity contribution is 0.433. The summed E-state index contributed by atoms with van der Waals surface area (Å²) >= 11 is 0. The Morgan fingerprint density at radius 1 is 1.19 bits per heavy atom. The highest BCUT2D eigenvalue weighted by Crippen LogP contribution is 2.38. The van der Waals surface area contributed by atoms with E-state index in [4.69, 9.17) is 5.73 Å². The summed E-state index contributed by atoms with van der Waals surface area (Å²) in [5, 5.41) is 3.65. The zero-order valence-corrected chi connectivity index (χ0v) is 9.71. The molecule has 0 saturated carbocycles. The first-order valence-electron chi connectivity index (χ1n) is 6.47. The van der Waals surface area contributed by atoms with Gasteiger partial charge in [0.2, 0.25) is 0 Å². The maximum atomic E-state index is 6.08. The lowest BCUT2D eigenvalue weighted by atomic mass is 9.78. The molecule has 1 aromatic rings. The number of anilines is 1. The van der Waals surface area contributed by atoms with Gasteiger partial charge >= 0.3 is 0 Å². The van der Waals surface area contributed by atoms with Crippen LogP contribution < -0.4 is 11.1 Å². The molecule has 0 spiro atoms. The Labute approximate surface area is 97.2 Å². The number of benzene rings is 1. The van der Waals surface area contributed by atoms with Gasteiger partial charge in [0, 0.05) is 11.7 Å². The Morgan fingerprint density at radius 2 is 2.12 bits per heavy atom. The van der Waals surface area contributed by atoms with Gasteiger partial charge in [-0.05, 0) is 61.8 Å². The SMILES string of the molecule is Nc1cccc2c1CCCC2C1CCCN1. The smallest absolute Gasteiger partial charge is 0.0349 e. The van der Waals surface area contributed by atoms with Gasteiger partial charge in [-0.25, -0.2) is 0 Å². The third-order valence-electron chi connectivity index (χ3n) is 4.17. The number of nitrogens with one attached hydrogen (secondary N) is 1. The third-order valence-corrected chi connectivity index (χ3v) is 4.17. The van der Waals surface area contributed by atoms with Gasteiger partial charge in [-0.2, -0.15) is 0 Å². The molecule has 2 nitrogen and oxygen atoms in total. The molecule has 1 aliphatic heterocycles. The predicted molar refractivity (Wildman–Crippen MR) is 67.6 cm³/mol. The minimum Gasteiger partial charge on any atom is -0.398 e. The van der Waals surface area contributed by atoms with Gasteiger partial charge in [-0.3, -0.25) is 0 Å². The number of hydrogen-bond acceptors (Lipinski definition) is 2. The van der Waals surface area contributed by atoms with Crippen LogP contribution in [0.4, 0.5) is 5.69 Å². The van der Waals surface area contributed by atoms with E-state index in [9.17, 15) is 0 Å². The minimum atomic E-state index is 0.695. The molecule has 2 atom stereocenters. The molecule has 86 valence electrons. The first-order chi connectivity index (χ1) is 7.86. The zero-order chi connectivity index (χ0) is 11.0. The fourth-order valence-electron chi connectivity index (χ4n) is 3.39. The summed E-state index contributed by atoms with van der Waals surface area (Å²) in [5.41, 5.74) is 10.0. The van der Waals surface area contributed by atoms with E-state index >= 15 is 0 Å². The Balaban J connectivity index is 1.96. The molecule has 1 heterocycles. The molecule has 0 radical (unpaired) electrons. The number of nitrogens with two attached hydrogens (primary N) is 1. The Morgan fingerprint density at radius 3 is 2.94 bits per heavy atom. The molecular formula is C14H20N2. The van der Waals surface area contributed by atoms with Gasteiger partial charge in [0.25, 0.3) is 0 Å². The minimum absolute atomic E-state index is 0.695. The van der Waals surface area contributed by atoms with Crippen LogP contribution in [0.5, 0.6) is 0 Å². The average Bonchev–Trinajstić information content (AvgIpc) is 2.82. The fraction of sp³-hybridized carbons (Fsp3) is 0.571. The second-order valence-electron chi connectivity index (χ2n) is 5.12. The summed E-state index contributed by atoms with van der Waals surface area (Å²) in [5.74, 6) is 0.703. The Hall–Kier alpha value is -1.02. The van der Waals surface area contributed by atoms with Crippen LogP contribution in [0.25, 0.3) is 0 Å². The maximum Gasteiger partial charge on any atom is 0.0349 e. The summed E-state index contributed by atoms with van der Waals surface area (Å²) in [4.78, 5) is 0. The molecule has 0 bridgehead atoms. The first-order valence-corrected chi connectivity index (χ1v) is 6.47. The molecule has 1 aliphatic carbocycles. The lowest BCUT2D eigenvalue weighted by Crippen LogP contribution is -2.31. The van der Waals surface area contributed by atoms with Crippen LogP contribution in [-0.4, -0.2) is 12.6 Å². The second kappa shape index (κ2) is 4.10. The quantitative estimate of drug-likeness (QED) is 0.708. The summed E-state index contributed by atoms with van der Waals surface area (Å²) in [6.45, 7) is 1.19. The molecule has 1 aromatic carbocycles. The van der Waals surface area contributed by atoms with Crippen molar-refractivity contribution in [3.05, 3.63) is 29.3 Å². The second-order valence-corrected chi connectivity index (χ2v) is 5.12. The van der Waals surface area contributed by atoms with Crippen molar-refractivity contribution in [2.24, 2.45) is 0 Å². The van der Waals surface area contributed by atoms with E-state index in [0.29, 0.717) is 12.0 Å². The molecule has 2 aliphatic rings. The highest BCUT2D eigenvalue weighted by Gasteiger charge is 2.30. The van der Waals surface area contributed by atoms with Crippen molar-refractivity contribution in [1.29, 1.82) is 0 Å². The largest absolute Gasteiger partial charge is 0.398 e. The van der Waals surface area contributed by atoms with Crippen LogP contribution in [0.3, 0.4) is 0 Å². The van der Waals surface area contributed by atoms with Crippen molar-refractivity contribution in [3.63, 3.8) is 0 Å². The molecule has 2 heteroatoms. The topological polar surface area (TPSA) is 38.0 Å². The highest BCUT2D eigenvalue weighted by atomic mass is 14.9. The number of hydrogen-bond donors (Lipinski definition) is 2. The van der Waals surface area contributed by atoms with Gasteiger partial charge in [0.1, 0.15) is 0 Å². The highest BCUT2D eigenvalue weighted by molar-refractivity contribution is 5.53. The van der Waals surface area contributed by atoms with Gasteiger partial charge in [-0.1, -0.05) is 12.1 Å². The van der Waals surface area contributed by atoms with Gasteiger partial charge in [0.05, 0.1) is 0 Å². The van der Waals surface area contributed by atoms with Crippen LogP contribution in [-0.2, 0) is 6.42 Å². The molecule has 0 amide bonds. The van der Waals surface area contributed by atoms with E-state index in [1.807, 2.05) is 6.07 Å². The van der Waals surface area contributed by atoms with Crippen molar-refractivity contribution in [3.8, 4) is 0 Å². The van der Waals surface area contributed by atoms with E-state index in [1.165, 1.54) is 49.8 Å². The van der Waals surface area contributed by atoms with E-state index in [2.05, 4.69) is 17.4 Å². The van der Waals surface area contributed by atoms with Crippen molar-refractivity contribution in [2.45, 2.75) is 44.1 Å². The van der Waals surface area contributed by atoms with E-state index in [-0.39, 0.29) is 0 Å². The molecule has 3 rings (SSSR count). The summed E-state index contributed by atoms with van der Waals surface area (Å²) in [6.07, 6.45) is 6.46. The third kappa shape index (κ3) is 1.61. The Bertz CT molecular complexity index is 380. The standard InChI is InChI=1S/C14H20N2/c15-13-7-2-4-10-11(13)5-1-6-12(10)14-8-3-9-16-14/h2,4,7,12,14,16H,1,3,5-6,8-9,15H2. The molecule has 0 aromatic heterocycles. The van der Waals surface area contributed by atoms with Crippen LogP contribution in [0.1, 0.15) is 42.7 Å². The van der Waals surface area contributed by atoms with Crippen LogP contribution in [0.2, 0.25) is 0 Å². The molecule has 2 unspecified atom stereocenters. The summed E-state index contributed by atoms with van der Waals surface area (Å²) in [6, 6.07) is 7.14. The number of nitrogen functional groups attached to an aromatic ring is 1. The van der Waals surface area contributed by atoms with Crippen molar-refractivity contribution in [1.82, 2.24) is 5.32 Å². The Kier molecular flexibility index (Phi) is 2.60. The van der Waals surface area contributed by atoms with Gasteiger partial charge in [0.15, 0.2) is 0 Å². The average molecular weight is 216 g/mol. The molecule has 1 saturated heterocycles. The predicted octanol–water partition coefficient (Wildman–Crippen LogP) is 2.44. The summed E-state index contributed by atoms with van der Waals surface area (Å²) in [7, 11) is 0. The van der Waals surface area contributed by atoms with Gasteiger partial charge < -0.3 is 11.1 Å². The normalized spacial score (nSPS) is 29.0. The summed E-state index contributed by atoms with van der Waals surface area (Å²) < 4.78 is 0. The lowest BCUT2D eigenvalue weighted by Gasteiger charge is -2.31. The maximum absolute atomic E-state index is 6.08. The molecule has 1 fully saturated rings. The van der Waals surface area contributed by atoms with Crippen molar-refractivity contribution >= 4 is 5.69 Å². The van der Waals surface area contributed by atoms with Crippen LogP contribution in [0.15, 0.2) is 18.2 Å². The van der Waals surface area contributed by atoms with Gasteiger partial charge in [-0.15, -0.1) is 0 Å². The van der Waals surface area contributed by atoms with Crippen LogP contribution in [0, 0.1) is 0 Å². The van der Waals surface area contributed by atoms with E-state index < -0.39 is 0 Å². The van der Waals surface area contributed by atoms with Crippen LogP contribution >= 0.6 is 0 Å². The number of rotatable bonds is 1. The molecule has 3 N–H and O–H groups in total.